The standard InChI is InChI=1S/C64H124O17P2/c1-8-9-10-11-12-13-18-23-33-40-47-63(68)81-60(52-75-62(67)46-39-32-27-26-30-37-44-57(6)7)54-79-83(72,73)77-50-58(65)49-76-82(70,71)78-53-59(51-74-61(66)45-38-31-25-20-22-29-36-43-56(4)5)80-64(69)48-41-34-24-19-16-14-15-17-21-28-35-42-55(2)3/h55-60,65H,8-54H2,1-7H3,(H,70,71)(H,72,73)/t58-,59-,60-/m1/s1. The van der Waals surface area contributed by atoms with Gasteiger partial charge in [-0.25, -0.2) is 9.13 Å². The lowest BCUT2D eigenvalue weighted by Crippen LogP contribution is -2.30. The Morgan fingerprint density at radius 2 is 0.554 bits per heavy atom. The molecule has 17 nitrogen and oxygen atoms in total. The second-order valence-corrected chi connectivity index (χ2v) is 27.5. The number of carbonyl (C=O) groups is 4. The fourth-order valence-electron chi connectivity index (χ4n) is 9.48. The van der Waals surface area contributed by atoms with Crippen LogP contribution < -0.4 is 0 Å². The summed E-state index contributed by atoms with van der Waals surface area (Å²) in [6.45, 7) is 11.6. The monoisotopic (exact) mass is 1230 g/mol. The van der Waals surface area contributed by atoms with E-state index in [2.05, 4.69) is 48.5 Å². The molecule has 0 fully saturated rings. The van der Waals surface area contributed by atoms with Gasteiger partial charge in [0.25, 0.3) is 0 Å². The quantitative estimate of drug-likeness (QED) is 0.0222. The first-order chi connectivity index (χ1) is 39.7. The van der Waals surface area contributed by atoms with Gasteiger partial charge in [0.15, 0.2) is 12.2 Å². The van der Waals surface area contributed by atoms with E-state index in [1.165, 1.54) is 109 Å². The van der Waals surface area contributed by atoms with Crippen LogP contribution >= 0.6 is 15.6 Å². The largest absolute Gasteiger partial charge is 0.472 e. The summed E-state index contributed by atoms with van der Waals surface area (Å²) in [4.78, 5) is 72.2. The van der Waals surface area contributed by atoms with Crippen molar-refractivity contribution in [2.24, 2.45) is 17.8 Å². The summed E-state index contributed by atoms with van der Waals surface area (Å²) in [5.74, 6) is 0.0123. The average molecular weight is 1230 g/mol. The van der Waals surface area contributed by atoms with Crippen molar-refractivity contribution in [3.05, 3.63) is 0 Å². The number of rotatable bonds is 62. The van der Waals surface area contributed by atoms with Gasteiger partial charge in [-0.3, -0.25) is 37.3 Å². The molecule has 0 spiro atoms. The molecule has 5 atom stereocenters. The number of aliphatic hydroxyl groups is 1. The number of hydrogen-bond donors (Lipinski definition) is 3. The Bertz CT molecular complexity index is 1650. The summed E-state index contributed by atoms with van der Waals surface area (Å²) in [7, 11) is -9.89. The lowest BCUT2D eigenvalue weighted by molar-refractivity contribution is -0.161. The highest BCUT2D eigenvalue weighted by molar-refractivity contribution is 7.47. The van der Waals surface area contributed by atoms with Crippen LogP contribution in [0.5, 0.6) is 0 Å². The molecular weight excluding hydrogens is 1100 g/mol. The minimum Gasteiger partial charge on any atom is -0.462 e. The molecule has 0 radical (unpaired) electrons. The molecule has 3 N–H and O–H groups in total. The molecule has 0 aliphatic carbocycles. The van der Waals surface area contributed by atoms with Crippen LogP contribution in [0.3, 0.4) is 0 Å². The molecule has 0 heterocycles. The van der Waals surface area contributed by atoms with E-state index in [0.717, 1.165) is 109 Å². The molecule has 0 aliphatic rings. The van der Waals surface area contributed by atoms with Crippen LogP contribution in [-0.4, -0.2) is 96.7 Å². The van der Waals surface area contributed by atoms with Gasteiger partial charge in [-0.1, -0.05) is 260 Å². The Hall–Kier alpha value is -1.94. The summed E-state index contributed by atoms with van der Waals surface area (Å²) < 4.78 is 67.9. The fraction of sp³-hybridized carbons (Fsp3) is 0.938. The molecule has 0 amide bonds. The molecule has 0 bridgehead atoms. The van der Waals surface area contributed by atoms with Gasteiger partial charge < -0.3 is 33.8 Å². The third-order valence-electron chi connectivity index (χ3n) is 14.6. The fourth-order valence-corrected chi connectivity index (χ4v) is 11.1. The maximum Gasteiger partial charge on any atom is 0.472 e. The van der Waals surface area contributed by atoms with Crippen LogP contribution in [-0.2, 0) is 65.4 Å². The van der Waals surface area contributed by atoms with Crippen LogP contribution in [0.1, 0.15) is 312 Å². The highest BCUT2D eigenvalue weighted by Gasteiger charge is 2.30. The van der Waals surface area contributed by atoms with Crippen molar-refractivity contribution in [2.75, 3.05) is 39.6 Å². The van der Waals surface area contributed by atoms with Crippen LogP contribution in [0, 0.1) is 17.8 Å². The number of esters is 4. The van der Waals surface area contributed by atoms with Crippen molar-refractivity contribution in [2.45, 2.75) is 330 Å². The molecule has 83 heavy (non-hydrogen) atoms. The molecule has 0 saturated heterocycles. The maximum absolute atomic E-state index is 13.0. The predicted octanol–water partition coefficient (Wildman–Crippen LogP) is 17.5. The Morgan fingerprint density at radius 3 is 0.819 bits per heavy atom. The van der Waals surface area contributed by atoms with Crippen LogP contribution in [0.15, 0.2) is 0 Å². The Morgan fingerprint density at radius 1 is 0.325 bits per heavy atom. The van der Waals surface area contributed by atoms with E-state index < -0.39 is 97.5 Å². The second-order valence-electron chi connectivity index (χ2n) is 24.6. The van der Waals surface area contributed by atoms with E-state index in [1.54, 1.807) is 0 Å². The molecule has 492 valence electrons. The van der Waals surface area contributed by atoms with Crippen LogP contribution in [0.2, 0.25) is 0 Å². The molecule has 0 aliphatic heterocycles. The van der Waals surface area contributed by atoms with Crippen molar-refractivity contribution < 1.29 is 80.2 Å². The topological polar surface area (TPSA) is 237 Å². The first kappa shape index (κ1) is 81.1. The number of aliphatic hydroxyl groups excluding tert-OH is 1. The highest BCUT2D eigenvalue weighted by atomic mass is 31.2. The Balaban J connectivity index is 5.24. The van der Waals surface area contributed by atoms with E-state index >= 15 is 0 Å². The van der Waals surface area contributed by atoms with Gasteiger partial charge >= 0.3 is 39.5 Å². The number of phosphoric acid groups is 2. The summed E-state index contributed by atoms with van der Waals surface area (Å²) in [6.07, 6.45) is 36.4. The van der Waals surface area contributed by atoms with E-state index in [0.29, 0.717) is 37.5 Å². The van der Waals surface area contributed by atoms with Crippen LogP contribution in [0.25, 0.3) is 0 Å². The first-order valence-electron chi connectivity index (χ1n) is 33.3. The lowest BCUT2D eigenvalue weighted by Gasteiger charge is -2.21. The van der Waals surface area contributed by atoms with Crippen molar-refractivity contribution in [1.29, 1.82) is 0 Å². The summed E-state index contributed by atoms with van der Waals surface area (Å²) in [5.41, 5.74) is 0. The molecule has 0 aromatic carbocycles. The van der Waals surface area contributed by atoms with E-state index in [9.17, 15) is 43.2 Å². The smallest absolute Gasteiger partial charge is 0.462 e. The number of phosphoric ester groups is 2. The molecule has 0 aromatic heterocycles. The van der Waals surface area contributed by atoms with Gasteiger partial charge in [0, 0.05) is 25.7 Å². The number of ether oxygens (including phenoxy) is 4. The van der Waals surface area contributed by atoms with Crippen molar-refractivity contribution in [3.8, 4) is 0 Å². The number of hydrogen-bond acceptors (Lipinski definition) is 15. The van der Waals surface area contributed by atoms with E-state index in [1.807, 2.05) is 0 Å². The zero-order chi connectivity index (χ0) is 61.7. The number of carbonyl (C=O) groups excluding carboxylic acids is 4. The van der Waals surface area contributed by atoms with Crippen molar-refractivity contribution in [1.82, 2.24) is 0 Å². The highest BCUT2D eigenvalue weighted by Crippen LogP contribution is 2.45. The van der Waals surface area contributed by atoms with Gasteiger partial charge in [-0.15, -0.1) is 0 Å². The third kappa shape index (κ3) is 58.8. The van der Waals surface area contributed by atoms with E-state index in [4.69, 9.17) is 37.0 Å². The normalized spacial score (nSPS) is 14.4. The lowest BCUT2D eigenvalue weighted by atomic mass is 10.0. The van der Waals surface area contributed by atoms with Gasteiger partial charge in [0.1, 0.15) is 19.3 Å². The second kappa shape index (κ2) is 55.4. The molecule has 0 saturated carbocycles. The maximum atomic E-state index is 13.0. The SMILES string of the molecule is CCCCCCCCCCCCC(=O)O[C@H](COC(=O)CCCCCCCCC(C)C)COP(=O)(O)OC[C@H](O)COP(=O)(O)OC[C@@H](COC(=O)CCCCCCCCCC(C)C)OC(=O)CCCCCCCCCCCCCC(C)C. The third-order valence-corrected chi connectivity index (χ3v) is 16.5. The summed E-state index contributed by atoms with van der Waals surface area (Å²) in [5, 5.41) is 10.5. The van der Waals surface area contributed by atoms with E-state index in [-0.39, 0.29) is 25.7 Å². The molecule has 19 heteroatoms. The average Bonchev–Trinajstić information content (AvgIpc) is 3.43. The zero-order valence-electron chi connectivity index (χ0n) is 53.6. The molecule has 0 aromatic rings. The Labute approximate surface area is 505 Å². The predicted molar refractivity (Wildman–Crippen MR) is 331 cm³/mol. The molecular formula is C64H124O17P2. The zero-order valence-corrected chi connectivity index (χ0v) is 55.4. The Kier molecular flexibility index (Phi) is 54.1. The summed E-state index contributed by atoms with van der Waals surface area (Å²) >= 11 is 0. The molecule has 2 unspecified atom stereocenters. The van der Waals surface area contributed by atoms with Crippen molar-refractivity contribution in [3.63, 3.8) is 0 Å². The number of unbranched alkanes of at least 4 members (excludes halogenated alkanes) is 30. The van der Waals surface area contributed by atoms with Crippen molar-refractivity contribution >= 4 is 39.5 Å². The van der Waals surface area contributed by atoms with Gasteiger partial charge in [-0.05, 0) is 43.4 Å². The van der Waals surface area contributed by atoms with Gasteiger partial charge in [0.2, 0.25) is 0 Å². The van der Waals surface area contributed by atoms with Crippen LogP contribution in [0.4, 0.5) is 0 Å². The van der Waals surface area contributed by atoms with Gasteiger partial charge in [-0.2, -0.15) is 0 Å². The minimum atomic E-state index is -4.94. The minimum absolute atomic E-state index is 0.105. The molecule has 0 rings (SSSR count). The summed E-state index contributed by atoms with van der Waals surface area (Å²) in [6, 6.07) is 0. The van der Waals surface area contributed by atoms with Gasteiger partial charge in [0.05, 0.1) is 26.4 Å². The first-order valence-corrected chi connectivity index (χ1v) is 36.3.